The van der Waals surface area contributed by atoms with Gasteiger partial charge < -0.3 is 19.4 Å². The lowest BCUT2D eigenvalue weighted by atomic mass is 10.3. The standard InChI is InChI=1S/C18H21N3O6S/c1-20-8-2-3-16(20)18(23)27-13-17(22)19-14-4-6-15(7-5-14)28(24,25)21-9-11-26-12-10-21/h2-8H,9-13H2,1H3,(H,19,22). The average Bonchev–Trinajstić information content (AvgIpc) is 3.13. The van der Waals surface area contributed by atoms with Crippen LogP contribution in [0.25, 0.3) is 0 Å². The summed E-state index contributed by atoms with van der Waals surface area (Å²) < 4.78 is 38.2. The minimum absolute atomic E-state index is 0.141. The molecule has 1 N–H and O–H groups in total. The number of ether oxygens (including phenoxy) is 2. The molecule has 1 aromatic heterocycles. The number of carbonyl (C=O) groups excluding carboxylic acids is 2. The number of morpholine rings is 1. The summed E-state index contributed by atoms with van der Waals surface area (Å²) in [7, 11) is -1.89. The first-order valence-electron chi connectivity index (χ1n) is 8.64. The number of aromatic nitrogens is 1. The van der Waals surface area contributed by atoms with Crippen LogP contribution in [0.4, 0.5) is 5.69 Å². The molecule has 1 fully saturated rings. The number of rotatable bonds is 6. The molecule has 0 radical (unpaired) electrons. The summed E-state index contributed by atoms with van der Waals surface area (Å²) in [5, 5.41) is 2.56. The van der Waals surface area contributed by atoms with Crippen molar-refractivity contribution < 1.29 is 27.5 Å². The van der Waals surface area contributed by atoms with Gasteiger partial charge in [-0.2, -0.15) is 4.31 Å². The van der Waals surface area contributed by atoms with Crippen LogP contribution in [0.1, 0.15) is 10.5 Å². The fraction of sp³-hybridized carbons (Fsp3) is 0.333. The van der Waals surface area contributed by atoms with E-state index in [1.165, 1.54) is 28.6 Å². The molecule has 10 heteroatoms. The van der Waals surface area contributed by atoms with Crippen molar-refractivity contribution in [2.45, 2.75) is 4.90 Å². The van der Waals surface area contributed by atoms with Crippen LogP contribution in [0, 0.1) is 0 Å². The van der Waals surface area contributed by atoms with Gasteiger partial charge in [-0.15, -0.1) is 0 Å². The van der Waals surface area contributed by atoms with Crippen molar-refractivity contribution in [3.8, 4) is 0 Å². The molecular formula is C18H21N3O6S. The van der Waals surface area contributed by atoms with Crippen LogP contribution in [0.2, 0.25) is 0 Å². The SMILES string of the molecule is Cn1cccc1C(=O)OCC(=O)Nc1ccc(S(=O)(=O)N2CCOCC2)cc1. The van der Waals surface area contributed by atoms with Gasteiger partial charge >= 0.3 is 5.97 Å². The number of hydrogen-bond acceptors (Lipinski definition) is 6. The number of esters is 1. The number of aryl methyl sites for hydroxylation is 1. The summed E-state index contributed by atoms with van der Waals surface area (Å²) in [4.78, 5) is 24.0. The average molecular weight is 407 g/mol. The monoisotopic (exact) mass is 407 g/mol. The Labute approximate surface area is 162 Å². The molecule has 1 aliphatic rings. The summed E-state index contributed by atoms with van der Waals surface area (Å²) in [5.41, 5.74) is 0.742. The molecule has 1 aliphatic heterocycles. The fourth-order valence-corrected chi connectivity index (χ4v) is 4.13. The molecule has 1 amide bonds. The Morgan fingerprint density at radius 3 is 2.43 bits per heavy atom. The number of sulfonamides is 1. The van der Waals surface area contributed by atoms with Gasteiger partial charge in [-0.1, -0.05) is 0 Å². The van der Waals surface area contributed by atoms with Gasteiger partial charge in [0, 0.05) is 32.0 Å². The van der Waals surface area contributed by atoms with Crippen LogP contribution in [-0.4, -0.2) is 62.1 Å². The predicted octanol–water partition coefficient (Wildman–Crippen LogP) is 0.841. The number of nitrogens with one attached hydrogen (secondary N) is 1. The van der Waals surface area contributed by atoms with E-state index in [4.69, 9.17) is 9.47 Å². The summed E-state index contributed by atoms with van der Waals surface area (Å²) >= 11 is 0. The van der Waals surface area contributed by atoms with E-state index in [1.807, 2.05) is 0 Å². The second-order valence-corrected chi connectivity index (χ2v) is 8.11. The lowest BCUT2D eigenvalue weighted by Gasteiger charge is -2.26. The summed E-state index contributed by atoms with van der Waals surface area (Å²) in [5.74, 6) is -1.12. The fourth-order valence-electron chi connectivity index (χ4n) is 2.72. The molecule has 9 nitrogen and oxygen atoms in total. The van der Waals surface area contributed by atoms with Gasteiger partial charge in [0.1, 0.15) is 5.69 Å². The van der Waals surface area contributed by atoms with Crippen molar-refractivity contribution in [3.05, 3.63) is 48.3 Å². The Hall–Kier alpha value is -2.69. The van der Waals surface area contributed by atoms with Gasteiger partial charge in [0.15, 0.2) is 6.61 Å². The molecule has 150 valence electrons. The van der Waals surface area contributed by atoms with Crippen molar-refractivity contribution >= 4 is 27.6 Å². The second-order valence-electron chi connectivity index (χ2n) is 6.17. The normalized spacial score (nSPS) is 15.2. The van der Waals surface area contributed by atoms with Crippen molar-refractivity contribution in [3.63, 3.8) is 0 Å². The number of amides is 1. The highest BCUT2D eigenvalue weighted by atomic mass is 32.2. The molecule has 1 saturated heterocycles. The Morgan fingerprint density at radius 1 is 1.14 bits per heavy atom. The molecule has 1 aromatic carbocycles. The Bertz CT molecular complexity index is 946. The maximum Gasteiger partial charge on any atom is 0.355 e. The van der Waals surface area contributed by atoms with Crippen LogP contribution < -0.4 is 5.32 Å². The third kappa shape index (κ3) is 4.58. The molecule has 2 aromatic rings. The van der Waals surface area contributed by atoms with Crippen LogP contribution >= 0.6 is 0 Å². The maximum absolute atomic E-state index is 12.6. The molecule has 0 saturated carbocycles. The van der Waals surface area contributed by atoms with E-state index < -0.39 is 28.5 Å². The molecule has 3 rings (SSSR count). The van der Waals surface area contributed by atoms with Crippen LogP contribution in [0.5, 0.6) is 0 Å². The highest BCUT2D eigenvalue weighted by molar-refractivity contribution is 7.89. The minimum atomic E-state index is -3.59. The second kappa shape index (κ2) is 8.55. The Kier molecular flexibility index (Phi) is 6.12. The van der Waals surface area contributed by atoms with E-state index >= 15 is 0 Å². The molecule has 2 heterocycles. The quantitative estimate of drug-likeness (QED) is 0.711. The topological polar surface area (TPSA) is 107 Å². The highest BCUT2D eigenvalue weighted by Crippen LogP contribution is 2.19. The lowest BCUT2D eigenvalue weighted by Crippen LogP contribution is -2.40. The zero-order valence-electron chi connectivity index (χ0n) is 15.3. The predicted molar refractivity (Wildman–Crippen MR) is 100 cm³/mol. The zero-order chi connectivity index (χ0) is 20.1. The smallest absolute Gasteiger partial charge is 0.355 e. The number of benzene rings is 1. The van der Waals surface area contributed by atoms with Gasteiger partial charge in [-0.05, 0) is 36.4 Å². The first-order chi connectivity index (χ1) is 13.4. The number of anilines is 1. The van der Waals surface area contributed by atoms with E-state index in [1.54, 1.807) is 29.9 Å². The minimum Gasteiger partial charge on any atom is -0.451 e. The lowest BCUT2D eigenvalue weighted by molar-refractivity contribution is -0.119. The van der Waals surface area contributed by atoms with Crippen LogP contribution in [-0.2, 0) is 31.3 Å². The van der Waals surface area contributed by atoms with Crippen molar-refractivity contribution in [1.82, 2.24) is 8.87 Å². The van der Waals surface area contributed by atoms with E-state index in [9.17, 15) is 18.0 Å². The van der Waals surface area contributed by atoms with Gasteiger partial charge in [0.05, 0.1) is 18.1 Å². The van der Waals surface area contributed by atoms with Crippen molar-refractivity contribution in [1.29, 1.82) is 0 Å². The van der Waals surface area contributed by atoms with Crippen LogP contribution in [0.15, 0.2) is 47.5 Å². The number of carbonyl (C=O) groups is 2. The number of nitrogens with zero attached hydrogens (tertiary/aromatic N) is 2. The zero-order valence-corrected chi connectivity index (χ0v) is 16.1. The summed E-state index contributed by atoms with van der Waals surface area (Å²) in [6.45, 7) is 0.919. The maximum atomic E-state index is 12.6. The molecular weight excluding hydrogens is 386 g/mol. The van der Waals surface area contributed by atoms with Gasteiger partial charge in [0.25, 0.3) is 5.91 Å². The van der Waals surface area contributed by atoms with E-state index in [0.29, 0.717) is 37.7 Å². The number of hydrogen-bond donors (Lipinski definition) is 1. The van der Waals surface area contributed by atoms with Gasteiger partial charge in [-0.3, -0.25) is 4.79 Å². The van der Waals surface area contributed by atoms with E-state index in [2.05, 4.69) is 5.32 Å². The van der Waals surface area contributed by atoms with Crippen LogP contribution in [0.3, 0.4) is 0 Å². The summed E-state index contributed by atoms with van der Waals surface area (Å²) in [6, 6.07) is 9.12. The van der Waals surface area contributed by atoms with Crippen molar-refractivity contribution in [2.24, 2.45) is 7.05 Å². The molecule has 0 unspecified atom stereocenters. The highest BCUT2D eigenvalue weighted by Gasteiger charge is 2.26. The first-order valence-corrected chi connectivity index (χ1v) is 10.1. The van der Waals surface area contributed by atoms with E-state index in [-0.39, 0.29) is 4.90 Å². The molecule has 28 heavy (non-hydrogen) atoms. The Balaban J connectivity index is 1.55. The first kappa shape index (κ1) is 20.1. The third-order valence-corrected chi connectivity index (χ3v) is 6.15. The summed E-state index contributed by atoms with van der Waals surface area (Å²) in [6.07, 6.45) is 1.70. The Morgan fingerprint density at radius 2 is 1.82 bits per heavy atom. The van der Waals surface area contributed by atoms with Crippen molar-refractivity contribution in [2.75, 3.05) is 38.2 Å². The molecule has 0 spiro atoms. The van der Waals surface area contributed by atoms with Gasteiger partial charge in [-0.25, -0.2) is 13.2 Å². The largest absolute Gasteiger partial charge is 0.451 e. The molecule has 0 aliphatic carbocycles. The molecule has 0 atom stereocenters. The van der Waals surface area contributed by atoms with Gasteiger partial charge in [0.2, 0.25) is 10.0 Å². The molecule has 0 bridgehead atoms. The third-order valence-electron chi connectivity index (χ3n) is 4.23. The van der Waals surface area contributed by atoms with E-state index in [0.717, 1.165) is 0 Å².